The van der Waals surface area contributed by atoms with E-state index in [4.69, 9.17) is 0 Å². The molecule has 1 amide bonds. The Morgan fingerprint density at radius 2 is 2.10 bits per heavy atom. The molecule has 0 saturated heterocycles. The lowest BCUT2D eigenvalue weighted by molar-refractivity contribution is 0.0937. The van der Waals surface area contributed by atoms with Crippen LogP contribution in [-0.4, -0.2) is 21.7 Å². The largest absolute Gasteiger partial charge is 0.349 e. The highest BCUT2D eigenvalue weighted by Crippen LogP contribution is 2.24. The molecule has 1 aliphatic rings. The van der Waals surface area contributed by atoms with Crippen LogP contribution in [0.3, 0.4) is 0 Å². The number of nitrogens with one attached hydrogen (secondary N) is 1. The number of nitrogens with zero attached hydrogens (tertiary/aromatic N) is 2. The summed E-state index contributed by atoms with van der Waals surface area (Å²) in [5.41, 5.74) is 1.58. The van der Waals surface area contributed by atoms with Gasteiger partial charge in [-0.25, -0.2) is 4.68 Å². The minimum absolute atomic E-state index is 0.0220. The number of aromatic nitrogens is 2. The molecule has 0 bridgehead atoms. The van der Waals surface area contributed by atoms with Crippen LogP contribution in [0.2, 0.25) is 0 Å². The number of carbonyl (C=O) groups is 1. The normalized spacial score (nSPS) is 21.9. The maximum atomic E-state index is 12.2. The zero-order valence-corrected chi connectivity index (χ0v) is 11.6. The van der Waals surface area contributed by atoms with E-state index in [2.05, 4.69) is 17.3 Å². The van der Waals surface area contributed by atoms with Crippen LogP contribution in [0.15, 0.2) is 42.7 Å². The number of rotatable bonds is 3. The Hall–Kier alpha value is -2.10. The Morgan fingerprint density at radius 1 is 1.30 bits per heavy atom. The van der Waals surface area contributed by atoms with Crippen molar-refractivity contribution in [1.29, 1.82) is 0 Å². The summed E-state index contributed by atoms with van der Waals surface area (Å²) in [4.78, 5) is 12.2. The molecule has 1 N–H and O–H groups in total. The highest BCUT2D eigenvalue weighted by Gasteiger charge is 2.23. The van der Waals surface area contributed by atoms with Gasteiger partial charge in [-0.2, -0.15) is 5.10 Å². The number of para-hydroxylation sites is 1. The molecular weight excluding hydrogens is 250 g/mol. The SMILES string of the molecule is CC1CCC(NC(=O)c2cnn(-c3ccccc3)c2)C1. The van der Waals surface area contributed by atoms with Crippen LogP contribution in [0.5, 0.6) is 0 Å². The third-order valence-electron chi connectivity index (χ3n) is 3.90. The molecule has 2 aromatic rings. The molecule has 20 heavy (non-hydrogen) atoms. The van der Waals surface area contributed by atoms with Gasteiger partial charge in [-0.15, -0.1) is 0 Å². The van der Waals surface area contributed by atoms with Gasteiger partial charge in [0.05, 0.1) is 17.4 Å². The van der Waals surface area contributed by atoms with Gasteiger partial charge in [0.2, 0.25) is 0 Å². The maximum absolute atomic E-state index is 12.2. The van der Waals surface area contributed by atoms with Crippen molar-refractivity contribution in [2.75, 3.05) is 0 Å². The Labute approximate surface area is 118 Å². The maximum Gasteiger partial charge on any atom is 0.254 e. The Balaban J connectivity index is 1.69. The van der Waals surface area contributed by atoms with Crippen molar-refractivity contribution in [3.63, 3.8) is 0 Å². The van der Waals surface area contributed by atoms with Gasteiger partial charge in [-0.3, -0.25) is 4.79 Å². The average molecular weight is 269 g/mol. The van der Waals surface area contributed by atoms with Crippen LogP contribution in [-0.2, 0) is 0 Å². The van der Waals surface area contributed by atoms with Crippen LogP contribution in [0.1, 0.15) is 36.5 Å². The van der Waals surface area contributed by atoms with E-state index in [-0.39, 0.29) is 5.91 Å². The quantitative estimate of drug-likeness (QED) is 0.931. The van der Waals surface area contributed by atoms with E-state index in [1.165, 1.54) is 6.42 Å². The van der Waals surface area contributed by atoms with E-state index in [9.17, 15) is 4.79 Å². The molecule has 1 saturated carbocycles. The third kappa shape index (κ3) is 2.74. The van der Waals surface area contributed by atoms with Gasteiger partial charge in [-0.05, 0) is 37.3 Å². The topological polar surface area (TPSA) is 46.9 Å². The molecule has 2 unspecified atom stereocenters. The fourth-order valence-corrected chi connectivity index (χ4v) is 2.77. The van der Waals surface area contributed by atoms with Crippen LogP contribution in [0, 0.1) is 5.92 Å². The summed E-state index contributed by atoms with van der Waals surface area (Å²) in [6, 6.07) is 10.1. The van der Waals surface area contributed by atoms with Crippen molar-refractivity contribution < 1.29 is 4.79 Å². The molecule has 1 aliphatic carbocycles. The van der Waals surface area contributed by atoms with Crippen molar-refractivity contribution in [2.45, 2.75) is 32.2 Å². The third-order valence-corrected chi connectivity index (χ3v) is 3.90. The number of hydrogen-bond donors (Lipinski definition) is 1. The van der Waals surface area contributed by atoms with E-state index in [1.807, 2.05) is 30.3 Å². The van der Waals surface area contributed by atoms with Crippen molar-refractivity contribution in [3.8, 4) is 5.69 Å². The average Bonchev–Trinajstić information content (AvgIpc) is 3.09. The molecule has 4 nitrogen and oxygen atoms in total. The molecule has 1 aromatic carbocycles. The molecular formula is C16H19N3O. The summed E-state index contributed by atoms with van der Waals surface area (Å²) in [5, 5.41) is 7.35. The molecule has 0 aliphatic heterocycles. The Kier molecular flexibility index (Phi) is 3.54. The van der Waals surface area contributed by atoms with E-state index in [0.717, 1.165) is 18.5 Å². The van der Waals surface area contributed by atoms with Crippen molar-refractivity contribution in [3.05, 3.63) is 48.3 Å². The summed E-state index contributed by atoms with van der Waals surface area (Å²) >= 11 is 0. The highest BCUT2D eigenvalue weighted by atomic mass is 16.1. The number of amides is 1. The van der Waals surface area contributed by atoms with Crippen molar-refractivity contribution >= 4 is 5.91 Å². The number of hydrogen-bond acceptors (Lipinski definition) is 2. The summed E-state index contributed by atoms with van der Waals surface area (Å²) in [5.74, 6) is 0.693. The number of benzene rings is 1. The second kappa shape index (κ2) is 5.49. The molecule has 1 fully saturated rings. The van der Waals surface area contributed by atoms with Gasteiger partial charge in [0, 0.05) is 12.2 Å². The Morgan fingerprint density at radius 3 is 2.80 bits per heavy atom. The molecule has 3 rings (SSSR count). The van der Waals surface area contributed by atoms with E-state index < -0.39 is 0 Å². The molecule has 0 radical (unpaired) electrons. The van der Waals surface area contributed by atoms with Gasteiger partial charge in [0.15, 0.2) is 0 Å². The fraction of sp³-hybridized carbons (Fsp3) is 0.375. The van der Waals surface area contributed by atoms with Gasteiger partial charge in [0.25, 0.3) is 5.91 Å². The lowest BCUT2D eigenvalue weighted by Gasteiger charge is -2.11. The van der Waals surface area contributed by atoms with E-state index in [0.29, 0.717) is 17.5 Å². The highest BCUT2D eigenvalue weighted by molar-refractivity contribution is 5.94. The minimum Gasteiger partial charge on any atom is -0.349 e. The molecule has 4 heteroatoms. The van der Waals surface area contributed by atoms with Crippen LogP contribution >= 0.6 is 0 Å². The Bertz CT molecular complexity index is 591. The van der Waals surface area contributed by atoms with Crippen LogP contribution in [0.25, 0.3) is 5.69 Å². The fourth-order valence-electron chi connectivity index (χ4n) is 2.77. The number of carbonyl (C=O) groups excluding carboxylic acids is 1. The predicted molar refractivity (Wildman–Crippen MR) is 77.8 cm³/mol. The lowest BCUT2D eigenvalue weighted by Crippen LogP contribution is -2.32. The van der Waals surface area contributed by atoms with Crippen LogP contribution < -0.4 is 5.32 Å². The van der Waals surface area contributed by atoms with E-state index in [1.54, 1.807) is 17.1 Å². The van der Waals surface area contributed by atoms with Gasteiger partial charge < -0.3 is 5.32 Å². The van der Waals surface area contributed by atoms with Gasteiger partial charge >= 0.3 is 0 Å². The summed E-state index contributed by atoms with van der Waals surface area (Å²) in [7, 11) is 0. The summed E-state index contributed by atoms with van der Waals surface area (Å²) < 4.78 is 1.73. The molecule has 2 atom stereocenters. The van der Waals surface area contributed by atoms with Crippen LogP contribution in [0.4, 0.5) is 0 Å². The first-order chi connectivity index (χ1) is 9.72. The van der Waals surface area contributed by atoms with Crippen molar-refractivity contribution in [1.82, 2.24) is 15.1 Å². The monoisotopic (exact) mass is 269 g/mol. The molecule has 1 heterocycles. The van der Waals surface area contributed by atoms with Gasteiger partial charge in [0.1, 0.15) is 0 Å². The predicted octanol–water partition coefficient (Wildman–Crippen LogP) is 2.79. The van der Waals surface area contributed by atoms with Gasteiger partial charge in [-0.1, -0.05) is 25.1 Å². The van der Waals surface area contributed by atoms with Crippen molar-refractivity contribution in [2.24, 2.45) is 5.92 Å². The second-order valence-corrected chi connectivity index (χ2v) is 5.60. The van der Waals surface area contributed by atoms with E-state index >= 15 is 0 Å². The molecule has 1 aromatic heterocycles. The summed E-state index contributed by atoms with van der Waals surface area (Å²) in [6.07, 6.45) is 6.77. The smallest absolute Gasteiger partial charge is 0.254 e. The summed E-state index contributed by atoms with van der Waals surface area (Å²) in [6.45, 7) is 2.24. The zero-order valence-electron chi connectivity index (χ0n) is 11.6. The molecule has 0 spiro atoms. The first-order valence-electron chi connectivity index (χ1n) is 7.13. The lowest BCUT2D eigenvalue weighted by atomic mass is 10.1. The molecule has 104 valence electrons. The first-order valence-corrected chi connectivity index (χ1v) is 7.13. The first kappa shape index (κ1) is 12.9. The second-order valence-electron chi connectivity index (χ2n) is 5.60. The minimum atomic E-state index is -0.0220. The zero-order chi connectivity index (χ0) is 13.9. The standard InChI is InChI=1S/C16H19N3O/c1-12-7-8-14(9-12)18-16(20)13-10-17-19(11-13)15-5-3-2-4-6-15/h2-6,10-12,14H,7-9H2,1H3,(H,18,20).